The van der Waals surface area contributed by atoms with Gasteiger partial charge < -0.3 is 9.84 Å². The molecule has 0 spiro atoms. The van der Waals surface area contributed by atoms with Gasteiger partial charge in [0.2, 0.25) is 5.89 Å². The summed E-state index contributed by atoms with van der Waals surface area (Å²) in [4.78, 5) is 4.47. The van der Waals surface area contributed by atoms with Crippen LogP contribution in [-0.2, 0) is 13.0 Å². The van der Waals surface area contributed by atoms with E-state index in [1.54, 1.807) is 0 Å². The van der Waals surface area contributed by atoms with Crippen LogP contribution in [0.15, 0.2) is 34.9 Å². The first-order chi connectivity index (χ1) is 10.3. The molecule has 4 nitrogen and oxygen atoms in total. The van der Waals surface area contributed by atoms with Crippen molar-refractivity contribution in [2.24, 2.45) is 5.92 Å². The minimum absolute atomic E-state index is 0.571. The third-order valence-electron chi connectivity index (χ3n) is 4.06. The predicted molar refractivity (Wildman–Crippen MR) is 81.8 cm³/mol. The first kappa shape index (κ1) is 14.3. The molecule has 0 radical (unpaired) electrons. The van der Waals surface area contributed by atoms with Gasteiger partial charge in [0.1, 0.15) is 0 Å². The number of nitrogens with one attached hydrogen (secondary N) is 1. The van der Waals surface area contributed by atoms with Crippen LogP contribution in [0.5, 0.6) is 0 Å². The molecule has 1 N–H and O–H groups in total. The van der Waals surface area contributed by atoms with E-state index in [1.807, 2.05) is 18.2 Å². The van der Waals surface area contributed by atoms with E-state index >= 15 is 0 Å². The minimum atomic E-state index is 0.571. The summed E-state index contributed by atoms with van der Waals surface area (Å²) < 4.78 is 5.33. The summed E-state index contributed by atoms with van der Waals surface area (Å²) in [6.07, 6.45) is 5.96. The molecule has 3 rings (SSSR count). The van der Waals surface area contributed by atoms with Gasteiger partial charge in [-0.1, -0.05) is 55.3 Å². The van der Waals surface area contributed by atoms with E-state index in [4.69, 9.17) is 4.52 Å². The topological polar surface area (TPSA) is 51.0 Å². The molecule has 1 aliphatic carbocycles. The molecule has 21 heavy (non-hydrogen) atoms. The molecule has 1 aromatic carbocycles. The summed E-state index contributed by atoms with van der Waals surface area (Å²) in [6, 6.07) is 10.8. The van der Waals surface area contributed by atoms with Crippen LogP contribution in [0, 0.1) is 5.92 Å². The molecular weight excluding hydrogens is 262 g/mol. The van der Waals surface area contributed by atoms with Gasteiger partial charge in [-0.05, 0) is 24.3 Å². The highest BCUT2D eigenvalue weighted by atomic mass is 16.5. The van der Waals surface area contributed by atoms with E-state index < -0.39 is 0 Å². The highest BCUT2D eigenvalue weighted by molar-refractivity contribution is 5.18. The van der Waals surface area contributed by atoms with Crippen molar-refractivity contribution in [3.8, 4) is 0 Å². The second-order valence-corrected chi connectivity index (χ2v) is 5.93. The summed E-state index contributed by atoms with van der Waals surface area (Å²) in [6.45, 7) is 2.90. The average molecular weight is 285 g/mol. The van der Waals surface area contributed by atoms with Gasteiger partial charge in [0.15, 0.2) is 5.82 Å². The van der Waals surface area contributed by atoms with Gasteiger partial charge >= 0.3 is 0 Å². The van der Waals surface area contributed by atoms with Crippen molar-refractivity contribution >= 4 is 0 Å². The quantitative estimate of drug-likeness (QED) is 0.808. The van der Waals surface area contributed by atoms with Gasteiger partial charge in [-0.3, -0.25) is 0 Å². The second-order valence-electron chi connectivity index (χ2n) is 5.93. The molecule has 112 valence electrons. The molecule has 1 unspecified atom stereocenters. The fourth-order valence-electron chi connectivity index (χ4n) is 2.59. The van der Waals surface area contributed by atoms with Crippen molar-refractivity contribution in [2.75, 3.05) is 0 Å². The van der Waals surface area contributed by atoms with Crippen LogP contribution >= 0.6 is 0 Å². The van der Waals surface area contributed by atoms with Crippen LogP contribution in [0.4, 0.5) is 0 Å². The first-order valence-electron chi connectivity index (χ1n) is 7.92. The van der Waals surface area contributed by atoms with Crippen LogP contribution in [0.1, 0.15) is 49.9 Å². The van der Waals surface area contributed by atoms with Gasteiger partial charge in [-0.15, -0.1) is 0 Å². The smallest absolute Gasteiger partial charge is 0.240 e. The van der Waals surface area contributed by atoms with Crippen molar-refractivity contribution in [1.82, 2.24) is 15.5 Å². The van der Waals surface area contributed by atoms with Crippen LogP contribution in [0.25, 0.3) is 0 Å². The molecule has 1 saturated carbocycles. The minimum Gasteiger partial charge on any atom is -0.338 e. The maximum atomic E-state index is 5.33. The van der Waals surface area contributed by atoms with Crippen LogP contribution < -0.4 is 5.32 Å². The Labute approximate surface area is 126 Å². The van der Waals surface area contributed by atoms with Crippen molar-refractivity contribution in [3.05, 3.63) is 47.6 Å². The number of aromatic nitrogens is 2. The standard InChI is InChI=1S/C17H23N3O/c1-2-15(10-14-8-9-14)18-12-17-19-16(20-21-17)11-13-6-4-3-5-7-13/h3-7,14-15,18H,2,8-12H2,1H3. The lowest BCUT2D eigenvalue weighted by Gasteiger charge is -2.14. The van der Waals surface area contributed by atoms with E-state index in [0.29, 0.717) is 18.5 Å². The second kappa shape index (κ2) is 6.85. The maximum Gasteiger partial charge on any atom is 0.240 e. The number of rotatable bonds is 8. The maximum absolute atomic E-state index is 5.33. The molecule has 1 aromatic heterocycles. The van der Waals surface area contributed by atoms with Crippen LogP contribution in [-0.4, -0.2) is 16.2 Å². The highest BCUT2D eigenvalue weighted by Gasteiger charge is 2.24. The zero-order chi connectivity index (χ0) is 14.5. The Morgan fingerprint density at radius 1 is 1.29 bits per heavy atom. The fourth-order valence-corrected chi connectivity index (χ4v) is 2.59. The SMILES string of the molecule is CCC(CC1CC1)NCc1nc(Cc2ccccc2)no1. The molecular formula is C17H23N3O. The monoisotopic (exact) mass is 285 g/mol. The number of hydrogen-bond donors (Lipinski definition) is 1. The van der Waals surface area contributed by atoms with Gasteiger partial charge in [-0.2, -0.15) is 4.98 Å². The summed E-state index contributed by atoms with van der Waals surface area (Å²) in [5.41, 5.74) is 1.21. The zero-order valence-corrected chi connectivity index (χ0v) is 12.6. The Morgan fingerprint density at radius 3 is 2.81 bits per heavy atom. The Hall–Kier alpha value is -1.68. The molecule has 0 saturated heterocycles. The zero-order valence-electron chi connectivity index (χ0n) is 12.6. The lowest BCUT2D eigenvalue weighted by Crippen LogP contribution is -2.28. The molecule has 1 aliphatic rings. The predicted octanol–water partition coefficient (Wildman–Crippen LogP) is 3.33. The summed E-state index contributed by atoms with van der Waals surface area (Å²) in [5.74, 6) is 2.39. The van der Waals surface area contributed by atoms with Crippen molar-refractivity contribution in [3.63, 3.8) is 0 Å². The number of hydrogen-bond acceptors (Lipinski definition) is 4. The molecule has 1 heterocycles. The van der Waals surface area contributed by atoms with Gasteiger partial charge in [0.05, 0.1) is 6.54 Å². The van der Waals surface area contributed by atoms with Gasteiger partial charge in [-0.25, -0.2) is 0 Å². The van der Waals surface area contributed by atoms with E-state index in [1.165, 1.54) is 24.8 Å². The lowest BCUT2D eigenvalue weighted by molar-refractivity contribution is 0.344. The summed E-state index contributed by atoms with van der Waals surface area (Å²) in [5, 5.41) is 7.60. The van der Waals surface area contributed by atoms with E-state index in [2.05, 4.69) is 34.5 Å². The van der Waals surface area contributed by atoms with Crippen molar-refractivity contribution in [2.45, 2.75) is 51.6 Å². The largest absolute Gasteiger partial charge is 0.338 e. The molecule has 0 amide bonds. The highest BCUT2D eigenvalue weighted by Crippen LogP contribution is 2.34. The van der Waals surface area contributed by atoms with E-state index in [9.17, 15) is 0 Å². The lowest BCUT2D eigenvalue weighted by atomic mass is 10.1. The third-order valence-corrected chi connectivity index (χ3v) is 4.06. The Morgan fingerprint density at radius 2 is 2.10 bits per heavy atom. The molecule has 0 bridgehead atoms. The normalized spacial score (nSPS) is 16.0. The third kappa shape index (κ3) is 4.39. The van der Waals surface area contributed by atoms with E-state index in [-0.39, 0.29) is 0 Å². The summed E-state index contributed by atoms with van der Waals surface area (Å²) in [7, 11) is 0. The number of nitrogens with zero attached hydrogens (tertiary/aromatic N) is 2. The van der Waals surface area contributed by atoms with Crippen molar-refractivity contribution < 1.29 is 4.52 Å². The van der Waals surface area contributed by atoms with Gasteiger partial charge in [0.25, 0.3) is 0 Å². The Bertz CT molecular complexity index is 548. The summed E-state index contributed by atoms with van der Waals surface area (Å²) >= 11 is 0. The molecule has 0 aliphatic heterocycles. The molecule has 1 atom stereocenters. The van der Waals surface area contributed by atoms with E-state index in [0.717, 1.165) is 24.6 Å². The number of benzene rings is 1. The average Bonchev–Trinajstić information content (AvgIpc) is 3.23. The fraction of sp³-hybridized carbons (Fsp3) is 0.529. The van der Waals surface area contributed by atoms with Gasteiger partial charge in [0, 0.05) is 12.5 Å². The Balaban J connectivity index is 1.50. The van der Waals surface area contributed by atoms with Crippen molar-refractivity contribution in [1.29, 1.82) is 0 Å². The van der Waals surface area contributed by atoms with Crippen LogP contribution in [0.3, 0.4) is 0 Å². The first-order valence-corrected chi connectivity index (χ1v) is 7.92. The molecule has 4 heteroatoms. The molecule has 2 aromatic rings. The molecule has 1 fully saturated rings. The van der Waals surface area contributed by atoms with Crippen LogP contribution in [0.2, 0.25) is 0 Å². The Kier molecular flexibility index (Phi) is 4.65.